The minimum Gasteiger partial charge on any atom is -0.437 e. The van der Waals surface area contributed by atoms with Crippen LogP contribution in [0, 0.1) is 6.92 Å². The SMILES string of the molecule is CCc1nc(C)ccc1Oc1ccc(CBr)cn1. The Balaban J connectivity index is 2.22. The van der Waals surface area contributed by atoms with E-state index in [-0.39, 0.29) is 0 Å². The van der Waals surface area contributed by atoms with E-state index in [1.165, 1.54) is 0 Å². The van der Waals surface area contributed by atoms with E-state index in [1.807, 2.05) is 31.2 Å². The summed E-state index contributed by atoms with van der Waals surface area (Å²) in [4.78, 5) is 8.72. The van der Waals surface area contributed by atoms with Crippen molar-refractivity contribution in [3.8, 4) is 11.6 Å². The van der Waals surface area contributed by atoms with Gasteiger partial charge in [0.2, 0.25) is 5.88 Å². The number of hydrogen-bond acceptors (Lipinski definition) is 3. The van der Waals surface area contributed by atoms with E-state index in [0.29, 0.717) is 5.88 Å². The predicted octanol–water partition coefficient (Wildman–Crippen LogP) is 4.03. The highest BCUT2D eigenvalue weighted by molar-refractivity contribution is 9.08. The first kappa shape index (κ1) is 13.0. The Morgan fingerprint density at radius 1 is 1.22 bits per heavy atom. The molecule has 0 radical (unpaired) electrons. The molecule has 0 amide bonds. The Labute approximate surface area is 115 Å². The summed E-state index contributed by atoms with van der Waals surface area (Å²) >= 11 is 3.39. The van der Waals surface area contributed by atoms with Gasteiger partial charge >= 0.3 is 0 Å². The molecule has 0 bridgehead atoms. The van der Waals surface area contributed by atoms with Gasteiger partial charge in [0, 0.05) is 23.3 Å². The number of pyridine rings is 2. The van der Waals surface area contributed by atoms with Gasteiger partial charge in [-0.15, -0.1) is 0 Å². The average Bonchev–Trinajstić information content (AvgIpc) is 2.41. The zero-order valence-electron chi connectivity index (χ0n) is 10.5. The molecule has 0 aromatic carbocycles. The van der Waals surface area contributed by atoms with Crippen LogP contribution in [0.4, 0.5) is 0 Å². The summed E-state index contributed by atoms with van der Waals surface area (Å²) in [6, 6.07) is 7.75. The van der Waals surface area contributed by atoms with Crippen LogP contribution >= 0.6 is 15.9 Å². The maximum atomic E-state index is 5.77. The Bertz CT molecular complexity index is 526. The van der Waals surface area contributed by atoms with E-state index in [2.05, 4.69) is 32.8 Å². The number of aromatic nitrogens is 2. The number of aryl methyl sites for hydroxylation is 2. The third-order valence-electron chi connectivity index (χ3n) is 2.57. The smallest absolute Gasteiger partial charge is 0.219 e. The molecular formula is C14H15BrN2O. The summed E-state index contributed by atoms with van der Waals surface area (Å²) in [5, 5.41) is 0.798. The highest BCUT2D eigenvalue weighted by Gasteiger charge is 2.06. The second-order valence-corrected chi connectivity index (χ2v) is 4.55. The van der Waals surface area contributed by atoms with Crippen molar-refractivity contribution in [3.05, 3.63) is 47.4 Å². The molecule has 2 rings (SSSR count). The fourth-order valence-corrected chi connectivity index (χ4v) is 1.94. The lowest BCUT2D eigenvalue weighted by Gasteiger charge is -2.09. The topological polar surface area (TPSA) is 35.0 Å². The summed E-state index contributed by atoms with van der Waals surface area (Å²) in [7, 11) is 0. The fraction of sp³-hybridized carbons (Fsp3) is 0.286. The molecular weight excluding hydrogens is 292 g/mol. The van der Waals surface area contributed by atoms with Crippen molar-refractivity contribution in [2.45, 2.75) is 25.6 Å². The van der Waals surface area contributed by atoms with Crippen LogP contribution in [0.15, 0.2) is 30.5 Å². The Morgan fingerprint density at radius 3 is 2.67 bits per heavy atom. The minimum atomic E-state index is 0.597. The third-order valence-corrected chi connectivity index (χ3v) is 3.22. The van der Waals surface area contributed by atoms with Crippen molar-refractivity contribution >= 4 is 15.9 Å². The Morgan fingerprint density at radius 2 is 2.06 bits per heavy atom. The average molecular weight is 307 g/mol. The maximum Gasteiger partial charge on any atom is 0.219 e. The molecule has 2 aromatic heterocycles. The molecule has 0 spiro atoms. The Hall–Kier alpha value is -1.42. The summed E-state index contributed by atoms with van der Waals surface area (Å²) in [6.45, 7) is 4.04. The second-order valence-electron chi connectivity index (χ2n) is 3.99. The maximum absolute atomic E-state index is 5.77. The summed E-state index contributed by atoms with van der Waals surface area (Å²) in [6.07, 6.45) is 2.65. The molecule has 0 aliphatic heterocycles. The molecule has 3 nitrogen and oxygen atoms in total. The molecule has 0 aliphatic carbocycles. The van der Waals surface area contributed by atoms with Crippen molar-refractivity contribution in [2.75, 3.05) is 0 Å². The van der Waals surface area contributed by atoms with Crippen LogP contribution in [0.2, 0.25) is 0 Å². The number of halogens is 1. The van der Waals surface area contributed by atoms with Crippen LogP contribution in [0.3, 0.4) is 0 Å². The van der Waals surface area contributed by atoms with Crippen LogP contribution in [-0.4, -0.2) is 9.97 Å². The predicted molar refractivity (Wildman–Crippen MR) is 75.3 cm³/mol. The standard InChI is InChI=1S/C14H15BrN2O/c1-3-12-13(6-4-10(2)17-12)18-14-7-5-11(8-15)9-16-14/h4-7,9H,3,8H2,1-2H3. The van der Waals surface area contributed by atoms with E-state index in [1.54, 1.807) is 6.20 Å². The van der Waals surface area contributed by atoms with Crippen molar-refractivity contribution in [1.82, 2.24) is 9.97 Å². The van der Waals surface area contributed by atoms with E-state index in [0.717, 1.165) is 34.5 Å². The van der Waals surface area contributed by atoms with Crippen molar-refractivity contribution in [3.63, 3.8) is 0 Å². The molecule has 0 unspecified atom stereocenters. The van der Waals surface area contributed by atoms with Gasteiger partial charge in [-0.05, 0) is 31.0 Å². The molecule has 2 aromatic rings. The van der Waals surface area contributed by atoms with Crippen LogP contribution in [0.1, 0.15) is 23.9 Å². The number of nitrogens with zero attached hydrogens (tertiary/aromatic N) is 2. The van der Waals surface area contributed by atoms with Gasteiger partial charge in [-0.25, -0.2) is 4.98 Å². The molecule has 0 N–H and O–H groups in total. The largest absolute Gasteiger partial charge is 0.437 e. The quantitative estimate of drug-likeness (QED) is 0.800. The van der Waals surface area contributed by atoms with Crippen molar-refractivity contribution in [1.29, 1.82) is 0 Å². The number of alkyl halides is 1. The van der Waals surface area contributed by atoms with Crippen LogP contribution in [0.5, 0.6) is 11.6 Å². The van der Waals surface area contributed by atoms with E-state index in [9.17, 15) is 0 Å². The van der Waals surface area contributed by atoms with Gasteiger partial charge in [0.1, 0.15) is 0 Å². The zero-order chi connectivity index (χ0) is 13.0. The van der Waals surface area contributed by atoms with Gasteiger partial charge in [-0.2, -0.15) is 0 Å². The third kappa shape index (κ3) is 3.07. The monoisotopic (exact) mass is 306 g/mol. The molecule has 0 saturated heterocycles. The molecule has 0 aliphatic rings. The molecule has 0 fully saturated rings. The van der Waals surface area contributed by atoms with Gasteiger partial charge in [-0.3, -0.25) is 4.98 Å². The normalized spacial score (nSPS) is 10.4. The minimum absolute atomic E-state index is 0.597. The van der Waals surface area contributed by atoms with E-state index >= 15 is 0 Å². The molecule has 18 heavy (non-hydrogen) atoms. The fourth-order valence-electron chi connectivity index (χ4n) is 1.61. The number of ether oxygens (including phenoxy) is 1. The summed E-state index contributed by atoms with van der Waals surface area (Å²) < 4.78 is 5.77. The Kier molecular flexibility index (Phi) is 4.31. The summed E-state index contributed by atoms with van der Waals surface area (Å²) in [5.74, 6) is 1.38. The summed E-state index contributed by atoms with van der Waals surface area (Å²) in [5.41, 5.74) is 3.09. The van der Waals surface area contributed by atoms with Gasteiger partial charge in [-0.1, -0.05) is 28.9 Å². The lowest BCUT2D eigenvalue weighted by molar-refractivity contribution is 0.454. The second kappa shape index (κ2) is 5.96. The van der Waals surface area contributed by atoms with Gasteiger partial charge in [0.25, 0.3) is 0 Å². The highest BCUT2D eigenvalue weighted by Crippen LogP contribution is 2.23. The molecule has 94 valence electrons. The van der Waals surface area contributed by atoms with Crippen LogP contribution < -0.4 is 4.74 Å². The van der Waals surface area contributed by atoms with Gasteiger partial charge < -0.3 is 4.74 Å². The van der Waals surface area contributed by atoms with Crippen molar-refractivity contribution < 1.29 is 4.74 Å². The van der Waals surface area contributed by atoms with E-state index < -0.39 is 0 Å². The first-order valence-electron chi connectivity index (χ1n) is 5.88. The highest BCUT2D eigenvalue weighted by atomic mass is 79.9. The lowest BCUT2D eigenvalue weighted by Crippen LogP contribution is -1.97. The first-order valence-corrected chi connectivity index (χ1v) is 7.00. The number of hydrogen-bond donors (Lipinski definition) is 0. The number of rotatable bonds is 4. The molecule has 4 heteroatoms. The molecule has 0 atom stereocenters. The van der Waals surface area contributed by atoms with E-state index in [4.69, 9.17) is 4.74 Å². The molecule has 2 heterocycles. The zero-order valence-corrected chi connectivity index (χ0v) is 12.1. The first-order chi connectivity index (χ1) is 8.72. The van der Waals surface area contributed by atoms with Crippen molar-refractivity contribution in [2.24, 2.45) is 0 Å². The molecule has 0 saturated carbocycles. The van der Waals surface area contributed by atoms with Crippen LogP contribution in [-0.2, 0) is 11.8 Å². The lowest BCUT2D eigenvalue weighted by atomic mass is 10.2. The van der Waals surface area contributed by atoms with Gasteiger partial charge in [0.15, 0.2) is 5.75 Å². The van der Waals surface area contributed by atoms with Gasteiger partial charge in [0.05, 0.1) is 5.69 Å². The van der Waals surface area contributed by atoms with Crippen LogP contribution in [0.25, 0.3) is 0 Å².